The number of anilines is 1. The molecule has 3 aromatic carbocycles. The third kappa shape index (κ3) is 6.09. The molecule has 2 heterocycles. The number of fused-ring (bicyclic) bond motifs is 1. The van der Waals surface area contributed by atoms with Gasteiger partial charge in [-0.3, -0.25) is 10.1 Å². The van der Waals surface area contributed by atoms with E-state index in [9.17, 15) is 4.79 Å². The number of nitrogens with one attached hydrogen (secondary N) is 2. The summed E-state index contributed by atoms with van der Waals surface area (Å²) in [7, 11) is 0. The van der Waals surface area contributed by atoms with Crippen molar-refractivity contribution in [2.75, 3.05) is 5.32 Å². The minimum absolute atomic E-state index is 0.0371. The summed E-state index contributed by atoms with van der Waals surface area (Å²) < 4.78 is 5.68. The second kappa shape index (κ2) is 11.8. The fourth-order valence-corrected chi connectivity index (χ4v) is 4.74. The minimum atomic E-state index is -0.539. The van der Waals surface area contributed by atoms with E-state index in [0.29, 0.717) is 43.1 Å². The topological polar surface area (TPSA) is 85.0 Å². The lowest BCUT2D eigenvalue weighted by molar-refractivity contribution is 0.0951. The molecule has 0 unspecified atom stereocenters. The summed E-state index contributed by atoms with van der Waals surface area (Å²) in [6, 6.07) is 19.9. The van der Waals surface area contributed by atoms with Crippen LogP contribution in [0.4, 0.5) is 5.69 Å². The Morgan fingerprint density at radius 1 is 0.974 bits per heavy atom. The molecule has 0 saturated carbocycles. The predicted molar refractivity (Wildman–Crippen MR) is 160 cm³/mol. The number of nitrogens with zero attached hydrogens (tertiary/aromatic N) is 3. The zero-order chi connectivity index (χ0) is 27.5. The van der Waals surface area contributed by atoms with E-state index in [0.717, 1.165) is 24.9 Å². The molecule has 2 N–H and O–H groups in total. The van der Waals surface area contributed by atoms with Crippen molar-refractivity contribution in [2.45, 2.75) is 26.2 Å². The molecule has 1 amide bonds. The third-order valence-electron chi connectivity index (χ3n) is 5.98. The molecule has 5 aromatic rings. The number of unbranched alkanes of at least 4 members (excludes halogenated alkanes) is 1. The lowest BCUT2D eigenvalue weighted by Gasteiger charge is -2.10. The van der Waals surface area contributed by atoms with E-state index in [1.807, 2.05) is 12.1 Å². The molecule has 0 aliphatic rings. The second-order valence-electron chi connectivity index (χ2n) is 8.75. The van der Waals surface area contributed by atoms with Crippen molar-refractivity contribution in [3.05, 3.63) is 93.1 Å². The number of carbonyl (C=O) groups excluding carboxylic acids is 1. The average Bonchev–Trinajstić information content (AvgIpc) is 3.57. The summed E-state index contributed by atoms with van der Waals surface area (Å²) in [4.78, 5) is 14.3. The number of furan rings is 1. The molecular weight excluding hydrogens is 577 g/mol. The Morgan fingerprint density at radius 2 is 1.72 bits per heavy atom. The van der Waals surface area contributed by atoms with Gasteiger partial charge in [0.1, 0.15) is 16.8 Å². The average molecular weight is 599 g/mol. The molecule has 0 radical (unpaired) electrons. The second-order valence-corrected chi connectivity index (χ2v) is 10.4. The Balaban J connectivity index is 1.27. The van der Waals surface area contributed by atoms with Crippen LogP contribution in [0.2, 0.25) is 15.1 Å². The number of benzene rings is 3. The Bertz CT molecular complexity index is 1680. The zero-order valence-electron chi connectivity index (χ0n) is 20.7. The summed E-state index contributed by atoms with van der Waals surface area (Å²) >= 11 is 24.1. The van der Waals surface area contributed by atoms with Gasteiger partial charge in [-0.05, 0) is 79.2 Å². The molecule has 2 aromatic heterocycles. The van der Waals surface area contributed by atoms with Gasteiger partial charge >= 0.3 is 0 Å². The maximum absolute atomic E-state index is 12.7. The van der Waals surface area contributed by atoms with Crippen molar-refractivity contribution in [1.82, 2.24) is 20.3 Å². The Kier molecular flexibility index (Phi) is 8.18. The van der Waals surface area contributed by atoms with E-state index in [-0.39, 0.29) is 10.9 Å². The summed E-state index contributed by atoms with van der Waals surface area (Å²) in [5.74, 6) is -0.0865. The van der Waals surface area contributed by atoms with E-state index in [4.69, 9.17) is 51.4 Å². The van der Waals surface area contributed by atoms with Gasteiger partial charge in [0.05, 0.1) is 26.4 Å². The highest BCUT2D eigenvalue weighted by atomic mass is 35.5. The van der Waals surface area contributed by atoms with Crippen LogP contribution >= 0.6 is 47.0 Å². The minimum Gasteiger partial charge on any atom is -0.451 e. The van der Waals surface area contributed by atoms with Crippen LogP contribution in [0.15, 0.2) is 71.1 Å². The van der Waals surface area contributed by atoms with Crippen LogP contribution in [0.1, 0.15) is 35.9 Å². The zero-order valence-corrected chi connectivity index (χ0v) is 23.8. The highest BCUT2D eigenvalue weighted by Gasteiger charge is 2.17. The van der Waals surface area contributed by atoms with Gasteiger partial charge in [0.15, 0.2) is 10.9 Å². The monoisotopic (exact) mass is 597 g/mol. The summed E-state index contributed by atoms with van der Waals surface area (Å²) in [5.41, 5.74) is 4.41. The van der Waals surface area contributed by atoms with E-state index in [1.165, 1.54) is 11.6 Å². The van der Waals surface area contributed by atoms with Crippen LogP contribution < -0.4 is 10.6 Å². The van der Waals surface area contributed by atoms with Crippen molar-refractivity contribution >= 4 is 74.8 Å². The molecule has 0 aliphatic heterocycles. The molecule has 0 saturated heterocycles. The van der Waals surface area contributed by atoms with Crippen LogP contribution in [-0.4, -0.2) is 26.0 Å². The standard InChI is InChI=1S/C28H22Cl3N5O2S/c1-2-3-5-16-8-10-17(11-9-16)36-34-22-14-20(30)21(15-23(22)35-36)32-28(39)33-27(37)25-13-12-24(38-25)18-6-4-7-19(29)26(18)31/h4,6-15H,2-3,5H2,1H3,(H2,32,33,37,39). The fraction of sp³-hybridized carbons (Fsp3) is 0.143. The lowest BCUT2D eigenvalue weighted by Crippen LogP contribution is -2.33. The van der Waals surface area contributed by atoms with Gasteiger partial charge in [-0.15, -0.1) is 10.2 Å². The van der Waals surface area contributed by atoms with Gasteiger partial charge in [0, 0.05) is 5.56 Å². The Hall–Kier alpha value is -3.43. The fourth-order valence-electron chi connectivity index (χ4n) is 3.94. The quantitative estimate of drug-likeness (QED) is 0.184. The Labute approximate surface area is 245 Å². The summed E-state index contributed by atoms with van der Waals surface area (Å²) in [5, 5.41) is 15.8. The maximum Gasteiger partial charge on any atom is 0.293 e. The van der Waals surface area contributed by atoms with Gasteiger partial charge in [-0.1, -0.05) is 66.3 Å². The molecule has 198 valence electrons. The first kappa shape index (κ1) is 27.1. The van der Waals surface area contributed by atoms with Crippen molar-refractivity contribution in [1.29, 1.82) is 0 Å². The number of carbonyl (C=O) groups is 1. The molecule has 11 heteroatoms. The number of hydrogen-bond acceptors (Lipinski definition) is 5. The molecule has 5 rings (SSSR count). The predicted octanol–water partition coefficient (Wildman–Crippen LogP) is 8.11. The third-order valence-corrected chi connectivity index (χ3v) is 7.31. The molecule has 0 atom stereocenters. The van der Waals surface area contributed by atoms with Gasteiger partial charge in [-0.25, -0.2) is 0 Å². The van der Waals surface area contributed by atoms with Crippen molar-refractivity contribution in [3.8, 4) is 17.0 Å². The number of hydrogen-bond donors (Lipinski definition) is 2. The molecule has 0 bridgehead atoms. The van der Waals surface area contributed by atoms with Crippen LogP contribution in [0.3, 0.4) is 0 Å². The van der Waals surface area contributed by atoms with Gasteiger partial charge in [-0.2, -0.15) is 4.80 Å². The highest BCUT2D eigenvalue weighted by molar-refractivity contribution is 7.80. The van der Waals surface area contributed by atoms with Gasteiger partial charge in [0.25, 0.3) is 5.91 Å². The van der Waals surface area contributed by atoms with Crippen molar-refractivity contribution in [2.24, 2.45) is 0 Å². The highest BCUT2D eigenvalue weighted by Crippen LogP contribution is 2.34. The molecule has 39 heavy (non-hydrogen) atoms. The first-order chi connectivity index (χ1) is 18.8. The number of amides is 1. The van der Waals surface area contributed by atoms with E-state index >= 15 is 0 Å². The largest absolute Gasteiger partial charge is 0.451 e. The first-order valence-electron chi connectivity index (χ1n) is 12.1. The maximum atomic E-state index is 12.7. The smallest absolute Gasteiger partial charge is 0.293 e. The number of thiocarbonyl (C=S) groups is 1. The number of rotatable bonds is 7. The molecule has 0 spiro atoms. The van der Waals surface area contributed by atoms with Crippen molar-refractivity contribution < 1.29 is 9.21 Å². The lowest BCUT2D eigenvalue weighted by atomic mass is 10.1. The molecule has 7 nitrogen and oxygen atoms in total. The first-order valence-corrected chi connectivity index (χ1v) is 13.7. The van der Waals surface area contributed by atoms with Crippen LogP contribution in [-0.2, 0) is 6.42 Å². The number of aromatic nitrogens is 3. The summed E-state index contributed by atoms with van der Waals surface area (Å²) in [6.07, 6.45) is 3.35. The van der Waals surface area contributed by atoms with E-state index < -0.39 is 5.91 Å². The van der Waals surface area contributed by atoms with Crippen molar-refractivity contribution in [3.63, 3.8) is 0 Å². The Morgan fingerprint density at radius 3 is 2.46 bits per heavy atom. The van der Waals surface area contributed by atoms with Gasteiger partial charge < -0.3 is 9.73 Å². The molecule has 0 fully saturated rings. The van der Waals surface area contributed by atoms with Crippen LogP contribution in [0.5, 0.6) is 0 Å². The molecule has 0 aliphatic carbocycles. The van der Waals surface area contributed by atoms with E-state index in [1.54, 1.807) is 41.2 Å². The normalized spacial score (nSPS) is 11.1. The number of halogens is 3. The van der Waals surface area contributed by atoms with Crippen LogP contribution in [0, 0.1) is 0 Å². The summed E-state index contributed by atoms with van der Waals surface area (Å²) in [6.45, 7) is 2.18. The molecular formula is C28H22Cl3N5O2S. The van der Waals surface area contributed by atoms with Gasteiger partial charge in [0.2, 0.25) is 0 Å². The SMILES string of the molecule is CCCCc1ccc(-n2nc3cc(Cl)c(NC(=S)NC(=O)c4ccc(-c5cccc(Cl)c5Cl)o4)cc3n2)cc1. The number of aryl methyl sites for hydroxylation is 1. The van der Waals surface area contributed by atoms with E-state index in [2.05, 4.69) is 39.9 Å². The van der Waals surface area contributed by atoms with Crippen LogP contribution in [0.25, 0.3) is 28.0 Å².